The number of carbonyl (C=O) groups excluding carboxylic acids is 1. The van der Waals surface area contributed by atoms with Crippen molar-refractivity contribution in [1.82, 2.24) is 0 Å². The van der Waals surface area contributed by atoms with E-state index in [9.17, 15) is 4.79 Å². The fraction of sp³-hybridized carbons (Fsp3) is 0.417. The topological polar surface area (TPSA) is 26.3 Å². The molecule has 2 heteroatoms. The molecule has 0 aromatic heterocycles. The van der Waals surface area contributed by atoms with E-state index >= 15 is 0 Å². The van der Waals surface area contributed by atoms with Gasteiger partial charge in [0, 0.05) is 12.8 Å². The summed E-state index contributed by atoms with van der Waals surface area (Å²) in [5, 5.41) is 0. The van der Waals surface area contributed by atoms with Crippen molar-refractivity contribution in [2.45, 2.75) is 26.7 Å². The molecule has 0 radical (unpaired) electrons. The van der Waals surface area contributed by atoms with Crippen molar-refractivity contribution in [3.63, 3.8) is 0 Å². The summed E-state index contributed by atoms with van der Waals surface area (Å²) in [6.07, 6.45) is 0. The minimum absolute atomic E-state index is 0.217. The first-order valence-electron chi connectivity index (χ1n) is 4.80. The Hall–Kier alpha value is -1.31. The van der Waals surface area contributed by atoms with Crippen molar-refractivity contribution in [3.05, 3.63) is 35.4 Å². The van der Waals surface area contributed by atoms with E-state index in [0.717, 1.165) is 0 Å². The highest BCUT2D eigenvalue weighted by Gasteiger charge is 2.08. The first kappa shape index (κ1) is 10.8. The average molecular weight is 192 g/mol. The van der Waals surface area contributed by atoms with Crippen molar-refractivity contribution in [2.75, 3.05) is 6.61 Å². The summed E-state index contributed by atoms with van der Waals surface area (Å²) in [6.45, 7) is 6.02. The summed E-state index contributed by atoms with van der Waals surface area (Å²) in [5.41, 5.74) is 2.49. The third kappa shape index (κ3) is 2.87. The smallest absolute Gasteiger partial charge is 0.302 e. The van der Waals surface area contributed by atoms with Crippen LogP contribution >= 0.6 is 0 Å². The van der Waals surface area contributed by atoms with Gasteiger partial charge in [-0.15, -0.1) is 0 Å². The van der Waals surface area contributed by atoms with Gasteiger partial charge in [0.05, 0.1) is 6.61 Å². The number of benzene rings is 1. The molecular formula is C12H16O2. The van der Waals surface area contributed by atoms with Crippen molar-refractivity contribution in [2.24, 2.45) is 0 Å². The maximum Gasteiger partial charge on any atom is 0.302 e. The summed E-state index contributed by atoms with van der Waals surface area (Å²) < 4.78 is 4.97. The molecule has 2 nitrogen and oxygen atoms in total. The predicted molar refractivity (Wildman–Crippen MR) is 56.2 cm³/mol. The SMILES string of the molecule is CC(=O)OC[C@H](C)c1ccccc1C. The van der Waals surface area contributed by atoms with Crippen LogP contribution in [0.1, 0.15) is 30.9 Å². The lowest BCUT2D eigenvalue weighted by molar-refractivity contribution is -0.141. The molecular weight excluding hydrogens is 176 g/mol. The molecule has 14 heavy (non-hydrogen) atoms. The molecule has 0 saturated heterocycles. The number of aryl methyl sites for hydroxylation is 1. The quantitative estimate of drug-likeness (QED) is 0.688. The van der Waals surface area contributed by atoms with E-state index < -0.39 is 0 Å². The Kier molecular flexibility index (Phi) is 3.69. The third-order valence-electron chi connectivity index (χ3n) is 2.26. The van der Waals surface area contributed by atoms with Gasteiger partial charge in [-0.05, 0) is 18.1 Å². The first-order chi connectivity index (χ1) is 6.61. The lowest BCUT2D eigenvalue weighted by Gasteiger charge is -2.13. The van der Waals surface area contributed by atoms with Gasteiger partial charge in [0.2, 0.25) is 0 Å². The highest BCUT2D eigenvalue weighted by atomic mass is 16.5. The van der Waals surface area contributed by atoms with Gasteiger partial charge in [0.25, 0.3) is 0 Å². The van der Waals surface area contributed by atoms with Crippen LogP contribution < -0.4 is 0 Å². The zero-order valence-corrected chi connectivity index (χ0v) is 8.91. The summed E-state index contributed by atoms with van der Waals surface area (Å²) in [7, 11) is 0. The molecule has 0 bridgehead atoms. The molecule has 0 saturated carbocycles. The molecule has 1 aromatic rings. The number of ether oxygens (including phenoxy) is 1. The van der Waals surface area contributed by atoms with Crippen molar-refractivity contribution >= 4 is 5.97 Å². The van der Waals surface area contributed by atoms with Crippen LogP contribution in [0.2, 0.25) is 0 Å². The molecule has 0 unspecified atom stereocenters. The van der Waals surface area contributed by atoms with Gasteiger partial charge in [-0.1, -0.05) is 31.2 Å². The molecule has 1 aromatic carbocycles. The molecule has 0 aliphatic carbocycles. The van der Waals surface area contributed by atoms with E-state index in [-0.39, 0.29) is 11.9 Å². The van der Waals surface area contributed by atoms with Crippen LogP contribution in [-0.4, -0.2) is 12.6 Å². The normalized spacial score (nSPS) is 12.2. The van der Waals surface area contributed by atoms with E-state index in [4.69, 9.17) is 4.74 Å². The van der Waals surface area contributed by atoms with E-state index in [0.29, 0.717) is 6.61 Å². The Bertz CT molecular complexity index is 318. The van der Waals surface area contributed by atoms with Gasteiger partial charge >= 0.3 is 5.97 Å². The maximum absolute atomic E-state index is 10.6. The molecule has 1 atom stereocenters. The fourth-order valence-electron chi connectivity index (χ4n) is 1.47. The van der Waals surface area contributed by atoms with E-state index in [1.165, 1.54) is 18.1 Å². The van der Waals surface area contributed by atoms with E-state index in [1.807, 2.05) is 12.1 Å². The zero-order chi connectivity index (χ0) is 10.6. The minimum Gasteiger partial charge on any atom is -0.465 e. The van der Waals surface area contributed by atoms with Gasteiger partial charge in [0.15, 0.2) is 0 Å². The van der Waals surface area contributed by atoms with Gasteiger partial charge in [-0.3, -0.25) is 4.79 Å². The Balaban J connectivity index is 2.65. The summed E-state index contributed by atoms with van der Waals surface area (Å²) >= 11 is 0. The van der Waals surface area contributed by atoms with Crippen LogP contribution in [0.5, 0.6) is 0 Å². The average Bonchev–Trinajstić information content (AvgIpc) is 2.15. The third-order valence-corrected chi connectivity index (χ3v) is 2.26. The molecule has 0 spiro atoms. The Labute approximate surface area is 84.9 Å². The van der Waals surface area contributed by atoms with Gasteiger partial charge in [-0.2, -0.15) is 0 Å². The molecule has 0 N–H and O–H groups in total. The van der Waals surface area contributed by atoms with Crippen molar-refractivity contribution in [1.29, 1.82) is 0 Å². The zero-order valence-electron chi connectivity index (χ0n) is 8.91. The predicted octanol–water partition coefficient (Wildman–Crippen LogP) is 2.66. The number of hydrogen-bond acceptors (Lipinski definition) is 2. The standard InChI is InChI=1S/C12H16O2/c1-9-6-4-5-7-12(9)10(2)8-14-11(3)13/h4-7,10H,8H2,1-3H3/t10-/m0/s1. The lowest BCUT2D eigenvalue weighted by Crippen LogP contribution is -2.08. The Morgan fingerprint density at radius 2 is 2.07 bits per heavy atom. The summed E-state index contributed by atoms with van der Waals surface area (Å²) in [6, 6.07) is 8.16. The van der Waals surface area contributed by atoms with Crippen molar-refractivity contribution < 1.29 is 9.53 Å². The minimum atomic E-state index is -0.217. The number of carbonyl (C=O) groups is 1. The maximum atomic E-state index is 10.6. The van der Waals surface area contributed by atoms with Gasteiger partial charge in [0.1, 0.15) is 0 Å². The molecule has 0 aliphatic rings. The van der Waals surface area contributed by atoms with Crippen LogP contribution in [0, 0.1) is 6.92 Å². The van der Waals surface area contributed by atoms with E-state index in [1.54, 1.807) is 0 Å². The first-order valence-corrected chi connectivity index (χ1v) is 4.80. The number of hydrogen-bond donors (Lipinski definition) is 0. The summed E-state index contributed by atoms with van der Waals surface area (Å²) in [4.78, 5) is 10.6. The molecule has 76 valence electrons. The monoisotopic (exact) mass is 192 g/mol. The van der Waals surface area contributed by atoms with Gasteiger partial charge in [-0.25, -0.2) is 0 Å². The highest BCUT2D eigenvalue weighted by Crippen LogP contribution is 2.19. The Morgan fingerprint density at radius 3 is 2.64 bits per heavy atom. The second-order valence-electron chi connectivity index (χ2n) is 3.56. The highest BCUT2D eigenvalue weighted by molar-refractivity contribution is 5.65. The van der Waals surface area contributed by atoms with E-state index in [2.05, 4.69) is 26.0 Å². The van der Waals surface area contributed by atoms with Crippen LogP contribution in [0.25, 0.3) is 0 Å². The fourth-order valence-corrected chi connectivity index (χ4v) is 1.47. The number of esters is 1. The second-order valence-corrected chi connectivity index (χ2v) is 3.56. The largest absolute Gasteiger partial charge is 0.465 e. The molecule has 0 heterocycles. The Morgan fingerprint density at radius 1 is 1.43 bits per heavy atom. The molecule has 0 fully saturated rings. The second kappa shape index (κ2) is 4.80. The van der Waals surface area contributed by atoms with Crippen molar-refractivity contribution in [3.8, 4) is 0 Å². The molecule has 1 rings (SSSR count). The van der Waals surface area contributed by atoms with Gasteiger partial charge < -0.3 is 4.74 Å². The van der Waals surface area contributed by atoms with Crippen LogP contribution in [0.3, 0.4) is 0 Å². The lowest BCUT2D eigenvalue weighted by atomic mass is 9.97. The number of rotatable bonds is 3. The van der Waals surface area contributed by atoms with Crippen LogP contribution in [0.4, 0.5) is 0 Å². The molecule has 0 amide bonds. The van der Waals surface area contributed by atoms with Crippen LogP contribution in [0.15, 0.2) is 24.3 Å². The van der Waals surface area contributed by atoms with Crippen LogP contribution in [-0.2, 0) is 9.53 Å². The molecule has 0 aliphatic heterocycles. The summed E-state index contributed by atoms with van der Waals surface area (Å²) in [5.74, 6) is 0.0468.